The van der Waals surface area contributed by atoms with Crippen molar-refractivity contribution in [1.82, 2.24) is 0 Å². The molecule has 0 aliphatic carbocycles. The number of carboxylic acid groups (broad SMARTS) is 1. The summed E-state index contributed by atoms with van der Waals surface area (Å²) >= 11 is 0. The molecule has 29 heavy (non-hydrogen) atoms. The quantitative estimate of drug-likeness (QED) is 0.222. The molecule has 3 nitrogen and oxygen atoms in total. The zero-order valence-electron chi connectivity index (χ0n) is 18.8. The third kappa shape index (κ3) is 14.2. The zero-order valence-corrected chi connectivity index (χ0v) is 18.8. The van der Waals surface area contributed by atoms with Crippen LogP contribution in [0.25, 0.3) is 0 Å². The molecule has 1 rings (SSSR count). The van der Waals surface area contributed by atoms with Crippen molar-refractivity contribution in [1.29, 1.82) is 0 Å². The molecule has 0 fully saturated rings. The molecule has 0 aromatic heterocycles. The molecule has 1 N–H and O–H groups in total. The molecule has 1 aromatic rings. The first-order chi connectivity index (χ1) is 14.3. The molecule has 166 valence electrons. The molecule has 0 saturated carbocycles. The lowest BCUT2D eigenvalue weighted by Gasteiger charge is -2.08. The van der Waals surface area contributed by atoms with E-state index in [1.54, 1.807) is 18.2 Å². The SMILES string of the molecule is CCCCCCCCCCCCCCCCCCCOc1ccccc1C(=O)O. The molecular weight excluding hydrogens is 360 g/mol. The first kappa shape index (κ1) is 25.5. The molecule has 0 unspecified atom stereocenters. The number of carboxylic acids is 1. The van der Waals surface area contributed by atoms with Crippen LogP contribution >= 0.6 is 0 Å². The van der Waals surface area contributed by atoms with Gasteiger partial charge in [-0.05, 0) is 18.6 Å². The van der Waals surface area contributed by atoms with Crippen LogP contribution in [0.5, 0.6) is 5.75 Å². The number of hydrogen-bond acceptors (Lipinski definition) is 2. The van der Waals surface area contributed by atoms with E-state index in [1.807, 2.05) is 6.07 Å². The van der Waals surface area contributed by atoms with E-state index in [9.17, 15) is 4.79 Å². The van der Waals surface area contributed by atoms with Crippen LogP contribution < -0.4 is 4.74 Å². The van der Waals surface area contributed by atoms with Crippen LogP contribution in [-0.4, -0.2) is 17.7 Å². The van der Waals surface area contributed by atoms with Crippen molar-refractivity contribution < 1.29 is 14.6 Å². The highest BCUT2D eigenvalue weighted by Crippen LogP contribution is 2.18. The molecule has 0 aliphatic rings. The summed E-state index contributed by atoms with van der Waals surface area (Å²) in [7, 11) is 0. The summed E-state index contributed by atoms with van der Waals surface area (Å²) in [5, 5.41) is 9.14. The van der Waals surface area contributed by atoms with Crippen molar-refractivity contribution in [2.24, 2.45) is 0 Å². The van der Waals surface area contributed by atoms with Gasteiger partial charge in [-0.15, -0.1) is 0 Å². The minimum absolute atomic E-state index is 0.250. The van der Waals surface area contributed by atoms with Gasteiger partial charge in [0.05, 0.1) is 6.61 Å². The van der Waals surface area contributed by atoms with Crippen LogP contribution in [0.4, 0.5) is 0 Å². The smallest absolute Gasteiger partial charge is 0.339 e. The molecule has 1 aromatic carbocycles. The van der Waals surface area contributed by atoms with Crippen LogP contribution in [0.1, 0.15) is 126 Å². The fourth-order valence-electron chi connectivity index (χ4n) is 3.78. The Labute approximate surface area is 179 Å². The zero-order chi connectivity index (χ0) is 21.0. The van der Waals surface area contributed by atoms with Crippen molar-refractivity contribution in [3.63, 3.8) is 0 Å². The van der Waals surface area contributed by atoms with Crippen LogP contribution in [-0.2, 0) is 0 Å². The Morgan fingerprint density at radius 1 is 0.690 bits per heavy atom. The first-order valence-electron chi connectivity index (χ1n) is 12.2. The minimum Gasteiger partial charge on any atom is -0.493 e. The maximum atomic E-state index is 11.1. The summed E-state index contributed by atoms with van der Waals surface area (Å²) in [6.07, 6.45) is 23.0. The summed E-state index contributed by atoms with van der Waals surface area (Å²) in [6.45, 7) is 2.88. The lowest BCUT2D eigenvalue weighted by atomic mass is 10.0. The highest BCUT2D eigenvalue weighted by Gasteiger charge is 2.09. The summed E-state index contributed by atoms with van der Waals surface area (Å²) in [5.41, 5.74) is 0.250. The van der Waals surface area contributed by atoms with Gasteiger partial charge >= 0.3 is 5.97 Å². The lowest BCUT2D eigenvalue weighted by molar-refractivity contribution is 0.0692. The van der Waals surface area contributed by atoms with Gasteiger partial charge in [-0.2, -0.15) is 0 Å². The summed E-state index contributed by atoms with van der Waals surface area (Å²) in [5.74, 6) is -0.445. The van der Waals surface area contributed by atoms with Crippen molar-refractivity contribution >= 4 is 5.97 Å². The van der Waals surface area contributed by atoms with Crippen LogP contribution in [0.2, 0.25) is 0 Å². The number of carbonyl (C=O) groups is 1. The maximum Gasteiger partial charge on any atom is 0.339 e. The van der Waals surface area contributed by atoms with E-state index in [4.69, 9.17) is 9.84 Å². The number of unbranched alkanes of at least 4 members (excludes halogenated alkanes) is 16. The average Bonchev–Trinajstić information content (AvgIpc) is 2.73. The number of para-hydroxylation sites is 1. The number of ether oxygens (including phenoxy) is 1. The van der Waals surface area contributed by atoms with Crippen molar-refractivity contribution in [2.45, 2.75) is 116 Å². The van der Waals surface area contributed by atoms with Crippen molar-refractivity contribution in [2.75, 3.05) is 6.61 Å². The van der Waals surface area contributed by atoms with Gasteiger partial charge in [0.2, 0.25) is 0 Å². The van der Waals surface area contributed by atoms with Crippen molar-refractivity contribution in [3.8, 4) is 5.75 Å². The fourth-order valence-corrected chi connectivity index (χ4v) is 3.78. The van der Waals surface area contributed by atoms with E-state index >= 15 is 0 Å². The van der Waals surface area contributed by atoms with Gasteiger partial charge in [0.1, 0.15) is 11.3 Å². The van der Waals surface area contributed by atoms with Crippen LogP contribution in [0.15, 0.2) is 24.3 Å². The lowest BCUT2D eigenvalue weighted by Crippen LogP contribution is -2.04. The third-order valence-corrected chi connectivity index (χ3v) is 5.62. The second-order valence-corrected chi connectivity index (χ2v) is 8.31. The second-order valence-electron chi connectivity index (χ2n) is 8.31. The Hall–Kier alpha value is -1.51. The number of hydrogen-bond donors (Lipinski definition) is 1. The minimum atomic E-state index is -0.928. The van der Waals surface area contributed by atoms with E-state index in [0.717, 1.165) is 12.8 Å². The highest BCUT2D eigenvalue weighted by atomic mass is 16.5. The van der Waals surface area contributed by atoms with E-state index in [0.29, 0.717) is 12.4 Å². The predicted octanol–water partition coefficient (Wildman–Crippen LogP) is 8.42. The van der Waals surface area contributed by atoms with Crippen molar-refractivity contribution in [3.05, 3.63) is 29.8 Å². The van der Waals surface area contributed by atoms with Gasteiger partial charge in [-0.3, -0.25) is 0 Å². The third-order valence-electron chi connectivity index (χ3n) is 5.62. The van der Waals surface area contributed by atoms with E-state index in [1.165, 1.54) is 96.3 Å². The Morgan fingerprint density at radius 3 is 1.55 bits per heavy atom. The molecule has 0 aliphatic heterocycles. The normalized spacial score (nSPS) is 10.9. The molecule has 0 spiro atoms. The molecule has 0 radical (unpaired) electrons. The van der Waals surface area contributed by atoms with E-state index in [-0.39, 0.29) is 5.56 Å². The Balaban J connectivity index is 1.81. The molecule has 0 amide bonds. The van der Waals surface area contributed by atoms with Gasteiger partial charge < -0.3 is 9.84 Å². The molecule has 0 atom stereocenters. The average molecular weight is 405 g/mol. The second kappa shape index (κ2) is 18.5. The van der Waals surface area contributed by atoms with Gasteiger partial charge in [-0.1, -0.05) is 122 Å². The Kier molecular flexibility index (Phi) is 16.3. The number of rotatable bonds is 20. The number of benzene rings is 1. The Bertz CT molecular complexity index is 512. The van der Waals surface area contributed by atoms with Gasteiger partial charge in [0, 0.05) is 0 Å². The molecule has 3 heteroatoms. The summed E-state index contributed by atoms with van der Waals surface area (Å²) in [6, 6.07) is 6.87. The summed E-state index contributed by atoms with van der Waals surface area (Å²) in [4.78, 5) is 11.1. The summed E-state index contributed by atoms with van der Waals surface area (Å²) < 4.78 is 5.64. The van der Waals surface area contributed by atoms with Gasteiger partial charge in [-0.25, -0.2) is 4.79 Å². The fraction of sp³-hybridized carbons (Fsp3) is 0.731. The molecule has 0 saturated heterocycles. The largest absolute Gasteiger partial charge is 0.493 e. The first-order valence-corrected chi connectivity index (χ1v) is 12.2. The molecule has 0 bridgehead atoms. The number of aromatic carboxylic acids is 1. The van der Waals surface area contributed by atoms with Crippen LogP contribution in [0.3, 0.4) is 0 Å². The molecular formula is C26H44O3. The monoisotopic (exact) mass is 404 g/mol. The van der Waals surface area contributed by atoms with E-state index < -0.39 is 5.97 Å². The van der Waals surface area contributed by atoms with Crippen LogP contribution in [0, 0.1) is 0 Å². The van der Waals surface area contributed by atoms with Gasteiger partial charge in [0.15, 0.2) is 0 Å². The van der Waals surface area contributed by atoms with E-state index in [2.05, 4.69) is 6.92 Å². The standard InChI is InChI=1S/C26H44O3/c1-2-3-4-5-6-7-8-9-10-11-12-13-14-15-16-17-20-23-29-25-22-19-18-21-24(25)26(27)28/h18-19,21-22H,2-17,20,23H2,1H3,(H,27,28). The van der Waals surface area contributed by atoms with Gasteiger partial charge in [0.25, 0.3) is 0 Å². The molecule has 0 heterocycles. The predicted molar refractivity (Wildman–Crippen MR) is 123 cm³/mol. The maximum absolute atomic E-state index is 11.1. The Morgan fingerprint density at radius 2 is 1.10 bits per heavy atom. The highest BCUT2D eigenvalue weighted by molar-refractivity contribution is 5.90. The topological polar surface area (TPSA) is 46.5 Å².